The summed E-state index contributed by atoms with van der Waals surface area (Å²) in [4.78, 5) is 23.7. The average molecular weight is 299 g/mol. The van der Waals surface area contributed by atoms with Gasteiger partial charge in [0.05, 0.1) is 19.3 Å². The molecule has 1 heterocycles. The van der Waals surface area contributed by atoms with E-state index in [-0.39, 0.29) is 12.5 Å². The highest BCUT2D eigenvalue weighted by Gasteiger charge is 2.07. The molecule has 2 amide bonds. The molecule has 22 heavy (non-hydrogen) atoms. The summed E-state index contributed by atoms with van der Waals surface area (Å²) < 4.78 is 1.69. The van der Waals surface area contributed by atoms with Crippen LogP contribution >= 0.6 is 0 Å². The normalized spacial score (nSPS) is 10.8. The van der Waals surface area contributed by atoms with E-state index >= 15 is 0 Å². The zero-order valence-corrected chi connectivity index (χ0v) is 12.2. The minimum Gasteiger partial charge on any atom is -0.368 e. The molecule has 0 aliphatic rings. The maximum absolute atomic E-state index is 11.7. The van der Waals surface area contributed by atoms with Gasteiger partial charge in [0, 0.05) is 13.1 Å². The van der Waals surface area contributed by atoms with Gasteiger partial charge in [0.25, 0.3) is 0 Å². The number of hydrogen-bond donors (Lipinski definition) is 1. The van der Waals surface area contributed by atoms with Crippen molar-refractivity contribution in [2.24, 2.45) is 5.73 Å². The molecular formula is C15H17N5O2. The quantitative estimate of drug-likeness (QED) is 0.775. The van der Waals surface area contributed by atoms with Gasteiger partial charge in [-0.25, -0.2) is 4.68 Å². The Kier molecular flexibility index (Phi) is 5.02. The van der Waals surface area contributed by atoms with Crippen molar-refractivity contribution in [1.82, 2.24) is 19.9 Å². The summed E-state index contributed by atoms with van der Waals surface area (Å²) in [7, 11) is 1.50. The highest BCUT2D eigenvalue weighted by atomic mass is 16.2. The number of carbonyl (C=O) groups excluding carboxylic acids is 2. The molecule has 0 atom stereocenters. The molecule has 1 aromatic heterocycles. The van der Waals surface area contributed by atoms with Gasteiger partial charge >= 0.3 is 0 Å². The second-order valence-electron chi connectivity index (χ2n) is 4.82. The Morgan fingerprint density at radius 2 is 2.05 bits per heavy atom. The van der Waals surface area contributed by atoms with Gasteiger partial charge in [-0.05, 0) is 11.6 Å². The molecule has 0 spiro atoms. The number of rotatable bonds is 6. The van der Waals surface area contributed by atoms with Crippen molar-refractivity contribution in [1.29, 1.82) is 0 Å². The maximum atomic E-state index is 11.7. The molecule has 0 aliphatic heterocycles. The SMILES string of the molecule is CN(CC(N)=O)C(=O)C=Cc1cn(Cc2ccccc2)nn1. The lowest BCUT2D eigenvalue weighted by Crippen LogP contribution is -2.34. The van der Waals surface area contributed by atoms with Gasteiger partial charge in [-0.1, -0.05) is 35.5 Å². The Hall–Kier alpha value is -2.96. The van der Waals surface area contributed by atoms with Crippen molar-refractivity contribution in [2.45, 2.75) is 6.54 Å². The van der Waals surface area contributed by atoms with Crippen molar-refractivity contribution in [3.8, 4) is 0 Å². The highest BCUT2D eigenvalue weighted by molar-refractivity contribution is 5.93. The van der Waals surface area contributed by atoms with E-state index in [4.69, 9.17) is 5.73 Å². The predicted octanol–water partition coefficient (Wildman–Crippen LogP) is 0.283. The van der Waals surface area contributed by atoms with Gasteiger partial charge in [0.1, 0.15) is 5.69 Å². The van der Waals surface area contributed by atoms with Crippen LogP contribution in [-0.4, -0.2) is 45.3 Å². The van der Waals surface area contributed by atoms with Gasteiger partial charge < -0.3 is 10.6 Å². The molecule has 0 fully saturated rings. The van der Waals surface area contributed by atoms with Crippen molar-refractivity contribution in [3.63, 3.8) is 0 Å². The number of aromatic nitrogens is 3. The largest absolute Gasteiger partial charge is 0.368 e. The topological polar surface area (TPSA) is 94.1 Å². The van der Waals surface area contributed by atoms with Crippen LogP contribution in [0.15, 0.2) is 42.6 Å². The van der Waals surface area contributed by atoms with Gasteiger partial charge in [-0.3, -0.25) is 9.59 Å². The average Bonchev–Trinajstić information content (AvgIpc) is 2.92. The van der Waals surface area contributed by atoms with Crippen LogP contribution in [0.4, 0.5) is 0 Å². The summed E-state index contributed by atoms with van der Waals surface area (Å²) in [6, 6.07) is 9.87. The van der Waals surface area contributed by atoms with Gasteiger partial charge in [0.15, 0.2) is 0 Å². The molecule has 7 heteroatoms. The molecule has 2 aromatic rings. The fraction of sp³-hybridized carbons (Fsp3) is 0.200. The van der Waals surface area contributed by atoms with Crippen molar-refractivity contribution >= 4 is 17.9 Å². The lowest BCUT2D eigenvalue weighted by Gasteiger charge is -2.11. The van der Waals surface area contributed by atoms with Crippen LogP contribution in [0.1, 0.15) is 11.3 Å². The molecule has 114 valence electrons. The second kappa shape index (κ2) is 7.16. The minimum atomic E-state index is -0.557. The number of hydrogen-bond acceptors (Lipinski definition) is 4. The molecule has 0 aliphatic carbocycles. The Morgan fingerprint density at radius 3 is 2.73 bits per heavy atom. The van der Waals surface area contributed by atoms with Crippen LogP contribution in [0.2, 0.25) is 0 Å². The van der Waals surface area contributed by atoms with E-state index < -0.39 is 5.91 Å². The third-order valence-corrected chi connectivity index (χ3v) is 2.91. The fourth-order valence-electron chi connectivity index (χ4n) is 1.83. The first kappa shape index (κ1) is 15.4. The van der Waals surface area contributed by atoms with E-state index in [1.807, 2.05) is 30.3 Å². The van der Waals surface area contributed by atoms with Crippen LogP contribution in [0.5, 0.6) is 0 Å². The standard InChI is InChI=1S/C15H17N5O2/c1-19(11-14(16)21)15(22)8-7-13-10-20(18-17-13)9-12-5-3-2-4-6-12/h2-8,10H,9,11H2,1H3,(H2,16,21). The lowest BCUT2D eigenvalue weighted by molar-refractivity contribution is -0.129. The number of primary amides is 1. The first-order valence-corrected chi connectivity index (χ1v) is 6.70. The summed E-state index contributed by atoms with van der Waals surface area (Å²) in [6.07, 6.45) is 4.62. The summed E-state index contributed by atoms with van der Waals surface area (Å²) in [5.41, 5.74) is 6.71. The van der Waals surface area contributed by atoms with Crippen molar-refractivity contribution < 1.29 is 9.59 Å². The highest BCUT2D eigenvalue weighted by Crippen LogP contribution is 2.03. The third kappa shape index (κ3) is 4.55. The fourth-order valence-corrected chi connectivity index (χ4v) is 1.83. The van der Waals surface area contributed by atoms with Crippen LogP contribution in [0, 0.1) is 0 Å². The Balaban J connectivity index is 1.95. The lowest BCUT2D eigenvalue weighted by atomic mass is 10.2. The molecule has 2 N–H and O–H groups in total. The first-order chi connectivity index (χ1) is 10.5. The Labute approximate surface area is 128 Å². The smallest absolute Gasteiger partial charge is 0.246 e. The van der Waals surface area contributed by atoms with E-state index in [0.29, 0.717) is 12.2 Å². The minimum absolute atomic E-state index is 0.121. The van der Waals surface area contributed by atoms with Gasteiger partial charge in [-0.15, -0.1) is 5.10 Å². The molecule has 0 bridgehead atoms. The number of amides is 2. The molecule has 0 saturated heterocycles. The van der Waals surface area contributed by atoms with E-state index in [1.54, 1.807) is 17.0 Å². The van der Waals surface area contributed by atoms with Crippen molar-refractivity contribution in [3.05, 3.63) is 53.9 Å². The van der Waals surface area contributed by atoms with Gasteiger partial charge in [-0.2, -0.15) is 0 Å². The summed E-state index contributed by atoms with van der Waals surface area (Å²) >= 11 is 0. The van der Waals surface area contributed by atoms with E-state index in [2.05, 4.69) is 10.3 Å². The summed E-state index contributed by atoms with van der Waals surface area (Å²) in [6.45, 7) is 0.487. The number of nitrogens with two attached hydrogens (primary N) is 1. The van der Waals surface area contributed by atoms with Crippen LogP contribution in [0.25, 0.3) is 6.08 Å². The maximum Gasteiger partial charge on any atom is 0.246 e. The second-order valence-corrected chi connectivity index (χ2v) is 4.82. The molecular weight excluding hydrogens is 282 g/mol. The Bertz CT molecular complexity index is 678. The molecule has 2 rings (SSSR count). The van der Waals surface area contributed by atoms with Crippen LogP contribution in [-0.2, 0) is 16.1 Å². The monoisotopic (exact) mass is 299 g/mol. The van der Waals surface area contributed by atoms with Crippen LogP contribution < -0.4 is 5.73 Å². The Morgan fingerprint density at radius 1 is 1.32 bits per heavy atom. The number of carbonyl (C=O) groups is 2. The molecule has 0 unspecified atom stereocenters. The number of benzene rings is 1. The van der Waals surface area contributed by atoms with Crippen molar-refractivity contribution in [2.75, 3.05) is 13.6 Å². The van der Waals surface area contributed by atoms with E-state index in [9.17, 15) is 9.59 Å². The van der Waals surface area contributed by atoms with E-state index in [1.165, 1.54) is 18.0 Å². The molecule has 0 radical (unpaired) electrons. The zero-order valence-electron chi connectivity index (χ0n) is 12.2. The predicted molar refractivity (Wildman–Crippen MR) is 81.4 cm³/mol. The van der Waals surface area contributed by atoms with Crippen LogP contribution in [0.3, 0.4) is 0 Å². The number of nitrogens with zero attached hydrogens (tertiary/aromatic N) is 4. The zero-order chi connectivity index (χ0) is 15.9. The molecule has 1 aromatic carbocycles. The first-order valence-electron chi connectivity index (χ1n) is 6.70. The van der Waals surface area contributed by atoms with Gasteiger partial charge in [0.2, 0.25) is 11.8 Å². The molecule has 0 saturated carbocycles. The third-order valence-electron chi connectivity index (χ3n) is 2.91. The van der Waals surface area contributed by atoms with E-state index in [0.717, 1.165) is 5.56 Å². The number of likely N-dealkylation sites (N-methyl/N-ethyl adjacent to an activating group) is 1. The molecule has 7 nitrogen and oxygen atoms in total. The summed E-state index contributed by atoms with van der Waals surface area (Å²) in [5.74, 6) is -0.880. The summed E-state index contributed by atoms with van der Waals surface area (Å²) in [5, 5.41) is 7.97.